The van der Waals surface area contributed by atoms with Gasteiger partial charge in [0, 0.05) is 33.0 Å². The Morgan fingerprint density at radius 3 is 1.81 bits per heavy atom. The van der Waals surface area contributed by atoms with Gasteiger partial charge >= 0.3 is 20.7 Å². The van der Waals surface area contributed by atoms with Crippen LogP contribution in [-0.2, 0) is 22.9 Å². The summed E-state index contributed by atoms with van der Waals surface area (Å²) in [6.45, 7) is 0. The molecule has 0 saturated carbocycles. The molecule has 0 aliphatic carbocycles. The van der Waals surface area contributed by atoms with Gasteiger partial charge in [-0.2, -0.15) is 0 Å². The molecule has 8 heteroatoms. The van der Waals surface area contributed by atoms with Gasteiger partial charge in [-0.3, -0.25) is 0 Å². The SMILES string of the molecule is CO[Si](CC(=CC(=O)O)C(=O)O)(OC)OC. The highest BCUT2D eigenvalue weighted by atomic mass is 28.4. The summed E-state index contributed by atoms with van der Waals surface area (Å²) in [6, 6.07) is -0.210. The van der Waals surface area contributed by atoms with Crippen LogP contribution in [0.3, 0.4) is 0 Å². The fourth-order valence-corrected chi connectivity index (χ4v) is 2.69. The van der Waals surface area contributed by atoms with Crippen LogP contribution in [0.15, 0.2) is 11.6 Å². The highest BCUT2D eigenvalue weighted by molar-refractivity contribution is 6.61. The fraction of sp³-hybridized carbons (Fsp3) is 0.500. The van der Waals surface area contributed by atoms with Crippen molar-refractivity contribution >= 4 is 20.7 Å². The molecule has 0 spiro atoms. The smallest absolute Gasteiger partial charge is 0.478 e. The summed E-state index contributed by atoms with van der Waals surface area (Å²) in [5.74, 6) is -2.69. The van der Waals surface area contributed by atoms with E-state index in [0.717, 1.165) is 0 Å². The van der Waals surface area contributed by atoms with Crippen molar-refractivity contribution in [2.24, 2.45) is 0 Å². The molecule has 92 valence electrons. The maximum Gasteiger partial charge on any atom is 0.505 e. The van der Waals surface area contributed by atoms with E-state index in [0.29, 0.717) is 6.08 Å². The second-order valence-electron chi connectivity index (χ2n) is 2.79. The Hall–Kier alpha value is -1.22. The molecule has 0 rings (SSSR count). The standard InChI is InChI=1S/C8H14O7Si/c1-13-16(14-2,15-3)5-6(8(11)12)4-7(9)10/h4H,5H2,1-3H3,(H,9,10)(H,11,12). The number of carboxylic acid groups (broad SMARTS) is 2. The quantitative estimate of drug-likeness (QED) is 0.482. The van der Waals surface area contributed by atoms with Gasteiger partial charge < -0.3 is 23.5 Å². The van der Waals surface area contributed by atoms with Crippen molar-refractivity contribution < 1.29 is 33.1 Å². The third-order valence-corrected chi connectivity index (χ3v) is 4.59. The van der Waals surface area contributed by atoms with Crippen LogP contribution >= 0.6 is 0 Å². The van der Waals surface area contributed by atoms with E-state index in [4.69, 9.17) is 23.5 Å². The minimum atomic E-state index is -3.12. The van der Waals surface area contributed by atoms with Gasteiger partial charge in [0.25, 0.3) is 0 Å². The first kappa shape index (κ1) is 14.8. The summed E-state index contributed by atoms with van der Waals surface area (Å²) in [6.07, 6.45) is 0.598. The van der Waals surface area contributed by atoms with Gasteiger partial charge in [-0.15, -0.1) is 0 Å². The Labute approximate surface area is 93.6 Å². The number of hydrogen-bond acceptors (Lipinski definition) is 5. The topological polar surface area (TPSA) is 102 Å². The number of carbonyl (C=O) groups is 2. The van der Waals surface area contributed by atoms with Crippen LogP contribution in [-0.4, -0.2) is 52.3 Å². The summed E-state index contributed by atoms with van der Waals surface area (Å²) < 4.78 is 15.0. The first-order valence-corrected chi connectivity index (χ1v) is 6.16. The van der Waals surface area contributed by atoms with Crippen LogP contribution in [0.1, 0.15) is 0 Å². The number of rotatable bonds is 7. The Balaban J connectivity index is 5.00. The largest absolute Gasteiger partial charge is 0.505 e. The lowest BCUT2D eigenvalue weighted by Gasteiger charge is -2.24. The molecule has 0 amide bonds. The molecule has 0 bridgehead atoms. The zero-order valence-electron chi connectivity index (χ0n) is 9.22. The Kier molecular flexibility index (Phi) is 5.89. The van der Waals surface area contributed by atoms with Gasteiger partial charge in [0.2, 0.25) is 0 Å². The van der Waals surface area contributed by atoms with Crippen molar-refractivity contribution in [2.75, 3.05) is 21.3 Å². The molecule has 0 unspecified atom stereocenters. The van der Waals surface area contributed by atoms with Crippen molar-refractivity contribution in [3.63, 3.8) is 0 Å². The molecule has 16 heavy (non-hydrogen) atoms. The van der Waals surface area contributed by atoms with E-state index in [-0.39, 0.29) is 11.6 Å². The van der Waals surface area contributed by atoms with E-state index in [2.05, 4.69) is 0 Å². The highest BCUT2D eigenvalue weighted by Gasteiger charge is 2.40. The minimum absolute atomic E-state index is 0.210. The van der Waals surface area contributed by atoms with Gasteiger partial charge in [-0.05, 0) is 0 Å². The van der Waals surface area contributed by atoms with E-state index in [9.17, 15) is 9.59 Å². The molecule has 0 atom stereocenters. The van der Waals surface area contributed by atoms with E-state index in [1.54, 1.807) is 0 Å². The van der Waals surface area contributed by atoms with Crippen molar-refractivity contribution in [3.8, 4) is 0 Å². The lowest BCUT2D eigenvalue weighted by molar-refractivity contribution is -0.135. The van der Waals surface area contributed by atoms with Crippen LogP contribution in [0.2, 0.25) is 6.04 Å². The van der Waals surface area contributed by atoms with Crippen LogP contribution in [0.4, 0.5) is 0 Å². The second kappa shape index (κ2) is 6.38. The normalized spacial score (nSPS) is 12.6. The van der Waals surface area contributed by atoms with Crippen molar-refractivity contribution in [1.82, 2.24) is 0 Å². The Bertz CT molecular complexity index is 286. The molecule has 0 fully saturated rings. The van der Waals surface area contributed by atoms with Crippen LogP contribution in [0.25, 0.3) is 0 Å². The number of hydrogen-bond donors (Lipinski definition) is 2. The lowest BCUT2D eigenvalue weighted by atomic mass is 10.3. The summed E-state index contributed by atoms with van der Waals surface area (Å²) in [7, 11) is 0.834. The first-order chi connectivity index (χ1) is 7.40. The molecule has 0 saturated heterocycles. The van der Waals surface area contributed by atoms with Gasteiger partial charge in [0.15, 0.2) is 0 Å². The van der Waals surface area contributed by atoms with Gasteiger partial charge in [0.1, 0.15) is 0 Å². The Morgan fingerprint density at radius 1 is 1.12 bits per heavy atom. The molecule has 0 aromatic rings. The van der Waals surface area contributed by atoms with Gasteiger partial charge in [-0.1, -0.05) is 0 Å². The maximum absolute atomic E-state index is 10.8. The second-order valence-corrected chi connectivity index (χ2v) is 5.73. The van der Waals surface area contributed by atoms with E-state index < -0.39 is 20.7 Å². The zero-order valence-corrected chi connectivity index (χ0v) is 10.2. The lowest BCUT2D eigenvalue weighted by Crippen LogP contribution is -2.43. The van der Waals surface area contributed by atoms with Gasteiger partial charge in [-0.25, -0.2) is 9.59 Å². The molecule has 0 aromatic carbocycles. The van der Waals surface area contributed by atoms with Crippen LogP contribution < -0.4 is 0 Å². The first-order valence-electron chi connectivity index (χ1n) is 4.23. The third kappa shape index (κ3) is 4.11. The molecular formula is C8H14O7Si. The van der Waals surface area contributed by atoms with Gasteiger partial charge in [0.05, 0.1) is 6.04 Å². The maximum atomic E-state index is 10.8. The molecule has 0 aliphatic heterocycles. The summed E-state index contributed by atoms with van der Waals surface area (Å²) in [5, 5.41) is 17.3. The predicted octanol–water partition coefficient (Wildman–Crippen LogP) is -0.0399. The van der Waals surface area contributed by atoms with E-state index in [1.165, 1.54) is 21.3 Å². The summed E-state index contributed by atoms with van der Waals surface area (Å²) in [5.41, 5.74) is -0.329. The molecule has 0 aliphatic rings. The average Bonchev–Trinajstić information content (AvgIpc) is 2.24. The third-order valence-electron chi connectivity index (χ3n) is 1.91. The number of aliphatic carboxylic acids is 2. The van der Waals surface area contributed by atoms with Crippen molar-refractivity contribution in [3.05, 3.63) is 11.6 Å². The zero-order chi connectivity index (χ0) is 12.8. The molecular weight excluding hydrogens is 236 g/mol. The van der Waals surface area contributed by atoms with Crippen molar-refractivity contribution in [2.45, 2.75) is 6.04 Å². The van der Waals surface area contributed by atoms with Crippen LogP contribution in [0, 0.1) is 0 Å². The number of carboxylic acids is 2. The average molecular weight is 250 g/mol. The molecule has 2 N–H and O–H groups in total. The molecule has 0 radical (unpaired) electrons. The minimum Gasteiger partial charge on any atom is -0.478 e. The summed E-state index contributed by atoms with van der Waals surface area (Å²) in [4.78, 5) is 21.2. The monoisotopic (exact) mass is 250 g/mol. The van der Waals surface area contributed by atoms with Crippen LogP contribution in [0.5, 0.6) is 0 Å². The summed E-state index contributed by atoms with van der Waals surface area (Å²) >= 11 is 0. The van der Waals surface area contributed by atoms with Crippen molar-refractivity contribution in [1.29, 1.82) is 0 Å². The van der Waals surface area contributed by atoms with E-state index in [1.807, 2.05) is 0 Å². The Morgan fingerprint density at radius 2 is 1.56 bits per heavy atom. The molecule has 0 aromatic heterocycles. The highest BCUT2D eigenvalue weighted by Crippen LogP contribution is 2.19. The fourth-order valence-electron chi connectivity index (χ4n) is 1.04. The predicted molar refractivity (Wildman–Crippen MR) is 54.9 cm³/mol. The van der Waals surface area contributed by atoms with E-state index >= 15 is 0 Å². The molecule has 0 heterocycles. The molecule has 7 nitrogen and oxygen atoms in total.